The fourth-order valence-electron chi connectivity index (χ4n) is 5.27. The van der Waals surface area contributed by atoms with Gasteiger partial charge >= 0.3 is 0 Å². The van der Waals surface area contributed by atoms with Gasteiger partial charge in [-0.1, -0.05) is 18.2 Å². The summed E-state index contributed by atoms with van der Waals surface area (Å²) >= 11 is 0. The van der Waals surface area contributed by atoms with Crippen molar-refractivity contribution in [2.75, 3.05) is 39.5 Å². The molecule has 2 amide bonds. The van der Waals surface area contributed by atoms with Gasteiger partial charge in [-0.05, 0) is 47.7 Å². The molecular formula is C27H27N3O4. The second kappa shape index (κ2) is 8.74. The van der Waals surface area contributed by atoms with Gasteiger partial charge in [0.05, 0.1) is 24.3 Å². The molecule has 0 bridgehead atoms. The van der Waals surface area contributed by atoms with Crippen LogP contribution in [0.3, 0.4) is 0 Å². The van der Waals surface area contributed by atoms with E-state index in [1.807, 2.05) is 18.2 Å². The molecule has 0 aliphatic carbocycles. The summed E-state index contributed by atoms with van der Waals surface area (Å²) < 4.78 is 13.9. The van der Waals surface area contributed by atoms with Crippen molar-refractivity contribution < 1.29 is 19.1 Å². The first kappa shape index (κ1) is 21.1. The van der Waals surface area contributed by atoms with E-state index in [1.165, 1.54) is 17.2 Å². The van der Waals surface area contributed by atoms with Crippen LogP contribution in [0.5, 0.6) is 5.75 Å². The number of nitrogens with one attached hydrogen (secondary N) is 1. The maximum Gasteiger partial charge on any atom is 0.258 e. The molecule has 7 heteroatoms. The lowest BCUT2D eigenvalue weighted by Crippen LogP contribution is -2.38. The van der Waals surface area contributed by atoms with E-state index >= 15 is 0 Å². The SMILES string of the molecule is O=C1C=C(c2ccc(OCCN3CCOCC3)cc2-c2cn3c4c(cccc24)CCC3)C(=O)N1. The Hall–Kier alpha value is -3.42. The Kier molecular flexibility index (Phi) is 5.43. The lowest BCUT2D eigenvalue weighted by Gasteiger charge is -2.26. The average molecular weight is 458 g/mol. The fraction of sp³-hybridized carbons (Fsp3) is 0.333. The quantitative estimate of drug-likeness (QED) is 0.576. The van der Waals surface area contributed by atoms with Crippen molar-refractivity contribution in [1.82, 2.24) is 14.8 Å². The summed E-state index contributed by atoms with van der Waals surface area (Å²) in [6.07, 6.45) is 5.75. The first-order chi connectivity index (χ1) is 16.7. The van der Waals surface area contributed by atoms with Crippen LogP contribution >= 0.6 is 0 Å². The number of hydrogen-bond donors (Lipinski definition) is 1. The van der Waals surface area contributed by atoms with Crippen LogP contribution < -0.4 is 10.1 Å². The minimum absolute atomic E-state index is 0.360. The molecule has 3 aliphatic rings. The third-order valence-corrected chi connectivity index (χ3v) is 6.94. The molecule has 1 fully saturated rings. The number of amides is 2. The normalized spacial score (nSPS) is 18.3. The largest absolute Gasteiger partial charge is 0.492 e. The summed E-state index contributed by atoms with van der Waals surface area (Å²) in [5, 5.41) is 3.54. The standard InChI is InChI=1S/C27H27N3O4/c31-25-16-23(27(32)28-25)20-7-6-19(34-14-11-29-9-12-33-13-10-29)15-22(20)24-17-30-8-2-4-18-3-1-5-21(24)26(18)30/h1,3,5-7,15-17H,2,4,8-14H2,(H,28,31,32). The number of ether oxygens (including phenoxy) is 2. The van der Waals surface area contributed by atoms with Crippen LogP contribution in [0.25, 0.3) is 27.6 Å². The van der Waals surface area contributed by atoms with Gasteiger partial charge in [-0.25, -0.2) is 0 Å². The minimum Gasteiger partial charge on any atom is -0.492 e. The molecule has 174 valence electrons. The van der Waals surface area contributed by atoms with Crippen molar-refractivity contribution in [2.24, 2.45) is 0 Å². The number of hydrogen-bond acceptors (Lipinski definition) is 5. The number of aromatic nitrogens is 1. The Labute approximate surface area is 197 Å². The van der Waals surface area contributed by atoms with E-state index in [0.29, 0.717) is 12.2 Å². The summed E-state index contributed by atoms with van der Waals surface area (Å²) in [5.41, 5.74) is 5.71. The first-order valence-corrected chi connectivity index (χ1v) is 11.9. The van der Waals surface area contributed by atoms with E-state index in [-0.39, 0.29) is 11.8 Å². The predicted octanol–water partition coefficient (Wildman–Crippen LogP) is 3.01. The van der Waals surface area contributed by atoms with Crippen LogP contribution in [0, 0.1) is 0 Å². The van der Waals surface area contributed by atoms with Gasteiger partial charge in [-0.15, -0.1) is 0 Å². The number of morpholine rings is 1. The summed E-state index contributed by atoms with van der Waals surface area (Å²) in [6, 6.07) is 12.2. The van der Waals surface area contributed by atoms with Crippen molar-refractivity contribution in [3.63, 3.8) is 0 Å². The Morgan fingerprint density at radius 3 is 2.71 bits per heavy atom. The Morgan fingerprint density at radius 2 is 1.88 bits per heavy atom. The molecule has 7 nitrogen and oxygen atoms in total. The number of benzene rings is 2. The summed E-state index contributed by atoms with van der Waals surface area (Å²) in [4.78, 5) is 26.8. The highest BCUT2D eigenvalue weighted by Crippen LogP contribution is 2.40. The molecule has 1 aromatic heterocycles. The maximum atomic E-state index is 12.5. The molecule has 3 aromatic rings. The molecule has 0 saturated carbocycles. The smallest absolute Gasteiger partial charge is 0.258 e. The second-order valence-corrected chi connectivity index (χ2v) is 9.04. The van der Waals surface area contributed by atoms with Gasteiger partial charge in [0.15, 0.2) is 0 Å². The first-order valence-electron chi connectivity index (χ1n) is 11.9. The summed E-state index contributed by atoms with van der Waals surface area (Å²) in [5.74, 6) is 0.0182. The van der Waals surface area contributed by atoms with Crippen molar-refractivity contribution in [3.05, 3.63) is 59.8 Å². The van der Waals surface area contributed by atoms with E-state index in [2.05, 4.69) is 39.2 Å². The van der Waals surface area contributed by atoms with Crippen LogP contribution in [0.1, 0.15) is 17.5 Å². The van der Waals surface area contributed by atoms with Gasteiger partial charge in [0.1, 0.15) is 12.4 Å². The minimum atomic E-state index is -0.376. The van der Waals surface area contributed by atoms with Gasteiger partial charge in [0.2, 0.25) is 0 Å². The predicted molar refractivity (Wildman–Crippen MR) is 130 cm³/mol. The Bertz CT molecular complexity index is 1320. The highest BCUT2D eigenvalue weighted by atomic mass is 16.5. The van der Waals surface area contributed by atoms with Gasteiger partial charge in [0, 0.05) is 49.4 Å². The number of nitrogens with zero attached hydrogens (tertiary/aromatic N) is 2. The lowest BCUT2D eigenvalue weighted by atomic mass is 9.93. The topological polar surface area (TPSA) is 72.8 Å². The van der Waals surface area contributed by atoms with Crippen LogP contribution in [0.2, 0.25) is 0 Å². The number of rotatable bonds is 6. The van der Waals surface area contributed by atoms with Gasteiger partial charge < -0.3 is 14.0 Å². The van der Waals surface area contributed by atoms with Crippen LogP contribution in [0.4, 0.5) is 0 Å². The highest BCUT2D eigenvalue weighted by molar-refractivity contribution is 6.34. The van der Waals surface area contributed by atoms with Crippen molar-refractivity contribution >= 4 is 28.3 Å². The second-order valence-electron chi connectivity index (χ2n) is 9.04. The molecule has 0 atom stereocenters. The van der Waals surface area contributed by atoms with Gasteiger partial charge in [-0.3, -0.25) is 19.8 Å². The molecule has 6 rings (SSSR count). The van der Waals surface area contributed by atoms with Crippen LogP contribution in [0.15, 0.2) is 48.7 Å². The molecule has 0 radical (unpaired) electrons. The van der Waals surface area contributed by atoms with E-state index in [0.717, 1.165) is 80.1 Å². The molecule has 34 heavy (non-hydrogen) atoms. The summed E-state index contributed by atoms with van der Waals surface area (Å²) in [7, 11) is 0. The van der Waals surface area contributed by atoms with Crippen molar-refractivity contribution in [2.45, 2.75) is 19.4 Å². The number of para-hydroxylation sites is 1. The molecule has 0 spiro atoms. The van der Waals surface area contributed by atoms with Crippen molar-refractivity contribution in [1.29, 1.82) is 0 Å². The Balaban J connectivity index is 1.39. The third kappa shape index (κ3) is 3.81. The zero-order valence-electron chi connectivity index (χ0n) is 19.0. The number of carbonyl (C=O) groups excluding carboxylic acids is 2. The number of aryl methyl sites for hydroxylation is 2. The molecule has 0 unspecified atom stereocenters. The van der Waals surface area contributed by atoms with Crippen LogP contribution in [-0.2, 0) is 27.3 Å². The van der Waals surface area contributed by atoms with Gasteiger partial charge in [-0.2, -0.15) is 0 Å². The molecule has 1 saturated heterocycles. The molecular weight excluding hydrogens is 430 g/mol. The zero-order valence-corrected chi connectivity index (χ0v) is 19.0. The number of imide groups is 1. The monoisotopic (exact) mass is 457 g/mol. The van der Waals surface area contributed by atoms with E-state index in [1.54, 1.807) is 0 Å². The van der Waals surface area contributed by atoms with E-state index in [9.17, 15) is 9.59 Å². The highest BCUT2D eigenvalue weighted by Gasteiger charge is 2.27. The van der Waals surface area contributed by atoms with E-state index in [4.69, 9.17) is 9.47 Å². The maximum absolute atomic E-state index is 12.5. The number of carbonyl (C=O) groups is 2. The van der Waals surface area contributed by atoms with E-state index < -0.39 is 0 Å². The van der Waals surface area contributed by atoms with Crippen LogP contribution in [-0.4, -0.2) is 60.7 Å². The van der Waals surface area contributed by atoms with Crippen molar-refractivity contribution in [3.8, 4) is 16.9 Å². The summed E-state index contributed by atoms with van der Waals surface area (Å²) in [6.45, 7) is 5.76. The molecule has 2 aromatic carbocycles. The van der Waals surface area contributed by atoms with Gasteiger partial charge in [0.25, 0.3) is 11.8 Å². The fourth-order valence-corrected chi connectivity index (χ4v) is 5.27. The lowest BCUT2D eigenvalue weighted by molar-refractivity contribution is -0.123. The average Bonchev–Trinajstić information content (AvgIpc) is 3.40. The zero-order chi connectivity index (χ0) is 23.1. The molecule has 1 N–H and O–H groups in total. The Morgan fingerprint density at radius 1 is 1.00 bits per heavy atom. The molecule has 3 aliphatic heterocycles. The third-order valence-electron chi connectivity index (χ3n) is 6.94. The molecule has 4 heterocycles.